The Hall–Kier alpha value is -1.14. The van der Waals surface area contributed by atoms with Gasteiger partial charge < -0.3 is 0 Å². The molecule has 1 heterocycles. The zero-order chi connectivity index (χ0) is 9.26. The highest BCUT2D eigenvalue weighted by molar-refractivity contribution is 9.10. The summed E-state index contributed by atoms with van der Waals surface area (Å²) in [4.78, 5) is 0. The van der Waals surface area contributed by atoms with Gasteiger partial charge in [-0.05, 0) is 18.2 Å². The lowest BCUT2D eigenvalue weighted by Gasteiger charge is -2.02. The number of hydrogen-bond donors (Lipinski definition) is 3. The molecule has 1 aliphatic heterocycles. The lowest BCUT2D eigenvalue weighted by atomic mass is 10.2. The predicted molar refractivity (Wildman–Crippen MR) is 50.0 cm³/mol. The summed E-state index contributed by atoms with van der Waals surface area (Å²) in [6.07, 6.45) is 0. The van der Waals surface area contributed by atoms with E-state index in [0.717, 1.165) is 4.47 Å². The van der Waals surface area contributed by atoms with Crippen LogP contribution in [0.1, 0.15) is 5.56 Å². The van der Waals surface area contributed by atoms with Crippen LogP contribution in [-0.4, -0.2) is 5.84 Å². The Balaban J connectivity index is 2.43. The van der Waals surface area contributed by atoms with E-state index in [9.17, 15) is 4.39 Å². The molecule has 13 heavy (non-hydrogen) atoms. The van der Waals surface area contributed by atoms with Crippen molar-refractivity contribution in [3.05, 3.63) is 34.1 Å². The molecule has 0 fully saturated rings. The molecule has 3 N–H and O–H groups in total. The van der Waals surface area contributed by atoms with E-state index >= 15 is 0 Å². The highest BCUT2D eigenvalue weighted by Gasteiger charge is 2.12. The number of hydrogen-bond acceptors (Lipinski definition) is 4. The molecule has 0 spiro atoms. The second kappa shape index (κ2) is 3.31. The molecule has 0 saturated heterocycles. The maximum Gasteiger partial charge on any atom is 0.173 e. The second-order valence-corrected chi connectivity index (χ2v) is 3.36. The van der Waals surface area contributed by atoms with Crippen molar-refractivity contribution in [3.8, 4) is 0 Å². The number of rotatable bonds is 1. The Kier molecular flexibility index (Phi) is 2.15. The van der Waals surface area contributed by atoms with Crippen molar-refractivity contribution in [1.82, 2.24) is 16.5 Å². The Bertz CT molecular complexity index is 366. The van der Waals surface area contributed by atoms with Crippen molar-refractivity contribution < 1.29 is 4.39 Å². The number of nitrogens with one attached hydrogen (secondary N) is 3. The molecule has 0 unspecified atom stereocenters. The maximum absolute atomic E-state index is 13.2. The number of hydrazine groups is 2. The number of benzene rings is 1. The molecule has 0 aromatic heterocycles. The quantitative estimate of drug-likeness (QED) is 0.687. The zero-order valence-electron chi connectivity index (χ0n) is 6.44. The van der Waals surface area contributed by atoms with Crippen LogP contribution in [-0.2, 0) is 0 Å². The fourth-order valence-corrected chi connectivity index (χ4v) is 1.37. The van der Waals surface area contributed by atoms with Gasteiger partial charge in [-0.1, -0.05) is 15.9 Å². The molecule has 1 aliphatic rings. The van der Waals surface area contributed by atoms with Gasteiger partial charge >= 0.3 is 0 Å². The summed E-state index contributed by atoms with van der Waals surface area (Å²) in [7, 11) is 0. The molecule has 0 atom stereocenters. The highest BCUT2D eigenvalue weighted by atomic mass is 79.9. The second-order valence-electron chi connectivity index (χ2n) is 2.45. The predicted octanol–water partition coefficient (Wildman–Crippen LogP) is 0.862. The van der Waals surface area contributed by atoms with Gasteiger partial charge in [0.25, 0.3) is 0 Å². The summed E-state index contributed by atoms with van der Waals surface area (Å²) in [5, 5.41) is 3.79. The largest absolute Gasteiger partial charge is 0.285 e. The number of nitrogens with zero attached hydrogens (tertiary/aromatic N) is 1. The molecule has 68 valence electrons. The van der Waals surface area contributed by atoms with E-state index in [1.807, 2.05) is 0 Å². The standard InChI is InChI=1S/C7H6BrFN4/c8-4-1-2-6(9)5(3-4)7-10-12-13-11-7/h1-3,12-13H,(H,10,11). The lowest BCUT2D eigenvalue weighted by Crippen LogP contribution is -2.35. The van der Waals surface area contributed by atoms with Crippen LogP contribution in [0.25, 0.3) is 0 Å². The minimum Gasteiger partial charge on any atom is -0.285 e. The fourth-order valence-electron chi connectivity index (χ4n) is 1.01. The third-order valence-corrected chi connectivity index (χ3v) is 2.08. The van der Waals surface area contributed by atoms with Gasteiger partial charge in [0.1, 0.15) is 5.82 Å². The van der Waals surface area contributed by atoms with Crippen molar-refractivity contribution in [2.75, 3.05) is 0 Å². The third-order valence-electron chi connectivity index (χ3n) is 1.59. The van der Waals surface area contributed by atoms with E-state index in [1.165, 1.54) is 6.07 Å². The van der Waals surface area contributed by atoms with Crippen LogP contribution in [0.3, 0.4) is 0 Å². The molecule has 1 aromatic carbocycles. The van der Waals surface area contributed by atoms with Gasteiger partial charge in [-0.2, -0.15) is 0 Å². The Labute approximate surface area is 82.3 Å². The van der Waals surface area contributed by atoms with E-state index in [2.05, 4.69) is 37.5 Å². The zero-order valence-corrected chi connectivity index (χ0v) is 8.02. The smallest absolute Gasteiger partial charge is 0.173 e. The number of amidine groups is 1. The van der Waals surface area contributed by atoms with Crippen LogP contribution in [0, 0.1) is 5.82 Å². The van der Waals surface area contributed by atoms with Gasteiger partial charge in [-0.3, -0.25) is 5.43 Å². The summed E-state index contributed by atoms with van der Waals surface area (Å²) in [5.74, 6) is 0.110. The normalized spacial score (nSPS) is 14.8. The summed E-state index contributed by atoms with van der Waals surface area (Å²) < 4.78 is 14.0. The third kappa shape index (κ3) is 1.63. The van der Waals surface area contributed by atoms with Gasteiger partial charge in [0.2, 0.25) is 0 Å². The van der Waals surface area contributed by atoms with E-state index in [4.69, 9.17) is 0 Å². The summed E-state index contributed by atoms with van der Waals surface area (Å²) in [6, 6.07) is 4.66. The Morgan fingerprint density at radius 1 is 1.38 bits per heavy atom. The Morgan fingerprint density at radius 3 is 2.92 bits per heavy atom. The first-order valence-corrected chi connectivity index (χ1v) is 4.36. The van der Waals surface area contributed by atoms with E-state index < -0.39 is 0 Å². The van der Waals surface area contributed by atoms with Gasteiger partial charge in [-0.25, -0.2) is 9.93 Å². The first-order chi connectivity index (χ1) is 6.27. The summed E-state index contributed by atoms with van der Waals surface area (Å²) >= 11 is 3.25. The van der Waals surface area contributed by atoms with Crippen molar-refractivity contribution in [2.45, 2.75) is 0 Å². The molecular formula is C7H6BrFN4. The average Bonchev–Trinajstić information content (AvgIpc) is 2.61. The first kappa shape index (κ1) is 8.46. The van der Waals surface area contributed by atoms with Gasteiger partial charge in [-0.15, -0.1) is 10.6 Å². The molecule has 2 rings (SSSR count). The van der Waals surface area contributed by atoms with Crippen molar-refractivity contribution in [3.63, 3.8) is 0 Å². The number of hydrazone groups is 1. The average molecular weight is 245 g/mol. The maximum atomic E-state index is 13.2. The molecule has 1 aromatic rings. The van der Waals surface area contributed by atoms with Crippen LogP contribution >= 0.6 is 15.9 Å². The molecule has 0 bridgehead atoms. The number of halogens is 2. The molecule has 0 saturated carbocycles. The minimum atomic E-state index is -0.319. The SMILES string of the molecule is Fc1ccc(Br)cc1C1=NNNN1. The van der Waals surface area contributed by atoms with E-state index in [-0.39, 0.29) is 5.82 Å². The van der Waals surface area contributed by atoms with Crippen LogP contribution in [0.5, 0.6) is 0 Å². The minimum absolute atomic E-state index is 0.319. The molecule has 6 heteroatoms. The van der Waals surface area contributed by atoms with Crippen LogP contribution in [0.15, 0.2) is 27.8 Å². The molecule has 4 nitrogen and oxygen atoms in total. The van der Waals surface area contributed by atoms with E-state index in [0.29, 0.717) is 11.4 Å². The van der Waals surface area contributed by atoms with Crippen LogP contribution < -0.4 is 16.5 Å². The summed E-state index contributed by atoms with van der Waals surface area (Å²) in [6.45, 7) is 0. The first-order valence-electron chi connectivity index (χ1n) is 3.56. The molecule has 0 aliphatic carbocycles. The van der Waals surface area contributed by atoms with Gasteiger partial charge in [0.15, 0.2) is 5.84 Å². The monoisotopic (exact) mass is 244 g/mol. The topological polar surface area (TPSA) is 48.5 Å². The molecule has 0 radical (unpaired) electrons. The van der Waals surface area contributed by atoms with Crippen LogP contribution in [0.4, 0.5) is 4.39 Å². The fraction of sp³-hybridized carbons (Fsp3) is 0. The van der Waals surface area contributed by atoms with Gasteiger partial charge in [0, 0.05) is 4.47 Å². The molecular weight excluding hydrogens is 239 g/mol. The Morgan fingerprint density at radius 2 is 2.23 bits per heavy atom. The highest BCUT2D eigenvalue weighted by Crippen LogP contribution is 2.15. The van der Waals surface area contributed by atoms with Gasteiger partial charge in [0.05, 0.1) is 5.56 Å². The van der Waals surface area contributed by atoms with Crippen LogP contribution in [0.2, 0.25) is 0 Å². The van der Waals surface area contributed by atoms with E-state index in [1.54, 1.807) is 12.1 Å². The van der Waals surface area contributed by atoms with Crippen molar-refractivity contribution >= 4 is 21.8 Å². The van der Waals surface area contributed by atoms with Crippen molar-refractivity contribution in [2.24, 2.45) is 5.10 Å². The van der Waals surface area contributed by atoms with Crippen molar-refractivity contribution in [1.29, 1.82) is 0 Å². The lowest BCUT2D eigenvalue weighted by molar-refractivity contribution is 0.576. The summed E-state index contributed by atoms with van der Waals surface area (Å²) in [5.41, 5.74) is 8.07. The molecule has 0 amide bonds.